The van der Waals surface area contributed by atoms with Crippen LogP contribution in [-0.4, -0.2) is 30.6 Å². The summed E-state index contributed by atoms with van der Waals surface area (Å²) < 4.78 is 36.9. The van der Waals surface area contributed by atoms with E-state index in [0.717, 1.165) is 18.9 Å². The van der Waals surface area contributed by atoms with Gasteiger partial charge < -0.3 is 14.8 Å². The number of rotatable bonds is 6. The highest BCUT2D eigenvalue weighted by atomic mass is 19.1. The summed E-state index contributed by atoms with van der Waals surface area (Å²) in [6, 6.07) is 3.22. The Balaban J connectivity index is 1.38. The fourth-order valence-electron chi connectivity index (χ4n) is 3.52. The van der Waals surface area contributed by atoms with Crippen molar-refractivity contribution in [3.05, 3.63) is 29.8 Å². The molecule has 1 heterocycles. The molecule has 1 aromatic rings. The van der Waals surface area contributed by atoms with Crippen LogP contribution in [0, 0.1) is 17.6 Å². The molecule has 1 amide bonds. The van der Waals surface area contributed by atoms with Gasteiger partial charge in [-0.15, -0.1) is 0 Å². The number of ether oxygens (including phenoxy) is 2. The summed E-state index contributed by atoms with van der Waals surface area (Å²) in [5.74, 6) is -1.54. The molecule has 0 spiro atoms. The van der Waals surface area contributed by atoms with Crippen LogP contribution >= 0.6 is 0 Å². The van der Waals surface area contributed by atoms with E-state index < -0.39 is 11.6 Å². The zero-order valence-corrected chi connectivity index (χ0v) is 14.5. The van der Waals surface area contributed by atoms with Gasteiger partial charge in [-0.25, -0.2) is 8.78 Å². The van der Waals surface area contributed by atoms with E-state index in [2.05, 4.69) is 5.32 Å². The minimum absolute atomic E-state index is 0.0544. The first kappa shape index (κ1) is 18.6. The van der Waals surface area contributed by atoms with E-state index in [-0.39, 0.29) is 35.7 Å². The fourth-order valence-corrected chi connectivity index (χ4v) is 3.52. The van der Waals surface area contributed by atoms with Crippen LogP contribution in [0.5, 0.6) is 5.75 Å². The quantitative estimate of drug-likeness (QED) is 0.785. The third-order valence-corrected chi connectivity index (χ3v) is 4.94. The van der Waals surface area contributed by atoms with Crippen LogP contribution < -0.4 is 10.1 Å². The first-order valence-electron chi connectivity index (χ1n) is 9.08. The Hall–Kier alpha value is -2.18. The monoisotopic (exact) mass is 367 g/mol. The van der Waals surface area contributed by atoms with Crippen molar-refractivity contribution in [1.82, 2.24) is 5.32 Å². The van der Waals surface area contributed by atoms with E-state index in [0.29, 0.717) is 38.7 Å². The van der Waals surface area contributed by atoms with E-state index >= 15 is 0 Å². The van der Waals surface area contributed by atoms with E-state index in [1.807, 2.05) is 0 Å². The van der Waals surface area contributed by atoms with Crippen molar-refractivity contribution in [2.75, 3.05) is 6.61 Å². The molecule has 1 unspecified atom stereocenters. The van der Waals surface area contributed by atoms with Gasteiger partial charge in [0.05, 0.1) is 18.6 Å². The molecular weight excluding hydrogens is 344 g/mol. The molecule has 1 aliphatic carbocycles. The van der Waals surface area contributed by atoms with E-state index in [1.165, 1.54) is 12.1 Å². The summed E-state index contributed by atoms with van der Waals surface area (Å²) in [4.78, 5) is 23.4. The predicted molar refractivity (Wildman–Crippen MR) is 89.5 cm³/mol. The van der Waals surface area contributed by atoms with Crippen molar-refractivity contribution in [2.45, 2.75) is 57.1 Å². The van der Waals surface area contributed by atoms with Crippen LogP contribution in [0.2, 0.25) is 0 Å². The maximum atomic E-state index is 13.2. The minimum Gasteiger partial charge on any atom is -0.490 e. The maximum absolute atomic E-state index is 13.2. The summed E-state index contributed by atoms with van der Waals surface area (Å²) in [5, 5.41) is 2.99. The third-order valence-electron chi connectivity index (χ3n) is 4.94. The molecule has 5 nitrogen and oxygen atoms in total. The Kier molecular flexibility index (Phi) is 6.06. The van der Waals surface area contributed by atoms with Gasteiger partial charge in [0.1, 0.15) is 17.4 Å². The predicted octanol–water partition coefficient (Wildman–Crippen LogP) is 3.11. The molecule has 2 fully saturated rings. The molecule has 1 saturated heterocycles. The van der Waals surface area contributed by atoms with Crippen molar-refractivity contribution in [1.29, 1.82) is 0 Å². The molecular formula is C19H23F2NO4. The standard InChI is InChI=1S/C19H23F2NO4/c20-13-9-14(21)11-17(10-13)26-16-4-2-15(3-5-16)22-18(23)6-1-12-7-8-25-19(12)24/h9-12,15-16H,1-8H2,(H,22,23). The number of nitrogens with one attached hydrogen (secondary N) is 1. The van der Waals surface area contributed by atoms with Gasteiger partial charge >= 0.3 is 5.97 Å². The molecule has 1 atom stereocenters. The highest BCUT2D eigenvalue weighted by molar-refractivity contribution is 5.78. The van der Waals surface area contributed by atoms with Crippen LogP contribution in [-0.2, 0) is 14.3 Å². The fraction of sp³-hybridized carbons (Fsp3) is 0.579. The number of hydrogen-bond acceptors (Lipinski definition) is 4. The van der Waals surface area contributed by atoms with E-state index in [9.17, 15) is 18.4 Å². The number of halogens is 2. The van der Waals surface area contributed by atoms with Crippen LogP contribution in [0.3, 0.4) is 0 Å². The molecule has 1 saturated carbocycles. The van der Waals surface area contributed by atoms with Crippen molar-refractivity contribution in [2.24, 2.45) is 5.92 Å². The van der Waals surface area contributed by atoms with Gasteiger partial charge in [-0.3, -0.25) is 9.59 Å². The van der Waals surface area contributed by atoms with Gasteiger partial charge in [0.2, 0.25) is 5.91 Å². The molecule has 0 bridgehead atoms. The van der Waals surface area contributed by atoms with Gasteiger partial charge in [0.15, 0.2) is 0 Å². The topological polar surface area (TPSA) is 64.6 Å². The lowest BCUT2D eigenvalue weighted by Gasteiger charge is -2.29. The number of esters is 1. The first-order chi connectivity index (χ1) is 12.5. The van der Waals surface area contributed by atoms with Crippen LogP contribution in [0.25, 0.3) is 0 Å². The Bertz CT molecular complexity index is 639. The normalized spacial score (nSPS) is 25.6. The SMILES string of the molecule is O=C(CCC1CCOC1=O)NC1CCC(Oc2cc(F)cc(F)c2)CC1. The van der Waals surface area contributed by atoms with Gasteiger partial charge in [-0.2, -0.15) is 0 Å². The highest BCUT2D eigenvalue weighted by Gasteiger charge is 2.28. The van der Waals surface area contributed by atoms with Crippen molar-refractivity contribution in [3.8, 4) is 5.75 Å². The summed E-state index contributed by atoms with van der Waals surface area (Å²) in [7, 11) is 0. The lowest BCUT2D eigenvalue weighted by molar-refractivity contribution is -0.141. The summed E-state index contributed by atoms with van der Waals surface area (Å²) in [6.07, 6.45) is 4.33. The van der Waals surface area contributed by atoms with Crippen molar-refractivity contribution < 1.29 is 27.8 Å². The second kappa shape index (κ2) is 8.47. The Labute approximate surface area is 151 Å². The first-order valence-corrected chi connectivity index (χ1v) is 9.08. The largest absolute Gasteiger partial charge is 0.490 e. The zero-order valence-electron chi connectivity index (χ0n) is 14.5. The molecule has 26 heavy (non-hydrogen) atoms. The van der Waals surface area contributed by atoms with E-state index in [4.69, 9.17) is 9.47 Å². The molecule has 0 radical (unpaired) electrons. The average molecular weight is 367 g/mol. The number of cyclic esters (lactones) is 1. The molecule has 1 N–H and O–H groups in total. The van der Waals surface area contributed by atoms with Gasteiger partial charge in [-0.05, 0) is 38.5 Å². The second-order valence-corrected chi connectivity index (χ2v) is 6.96. The molecule has 142 valence electrons. The van der Waals surface area contributed by atoms with Gasteiger partial charge in [-0.1, -0.05) is 0 Å². The molecule has 7 heteroatoms. The Morgan fingerprint density at radius 2 is 1.81 bits per heavy atom. The zero-order chi connectivity index (χ0) is 18.5. The van der Waals surface area contributed by atoms with Gasteiger partial charge in [0.25, 0.3) is 0 Å². The smallest absolute Gasteiger partial charge is 0.309 e. The lowest BCUT2D eigenvalue weighted by Crippen LogP contribution is -2.39. The molecule has 1 aliphatic heterocycles. The Morgan fingerprint density at radius 1 is 1.12 bits per heavy atom. The summed E-state index contributed by atoms with van der Waals surface area (Å²) >= 11 is 0. The number of carbonyl (C=O) groups is 2. The number of hydrogen-bond donors (Lipinski definition) is 1. The van der Waals surface area contributed by atoms with Crippen LogP contribution in [0.1, 0.15) is 44.9 Å². The molecule has 2 aliphatic rings. The van der Waals surface area contributed by atoms with Crippen LogP contribution in [0.4, 0.5) is 8.78 Å². The summed E-state index contributed by atoms with van der Waals surface area (Å²) in [6.45, 7) is 0.449. The third kappa shape index (κ3) is 5.16. The van der Waals surface area contributed by atoms with Crippen molar-refractivity contribution >= 4 is 11.9 Å². The summed E-state index contributed by atoms with van der Waals surface area (Å²) in [5.41, 5.74) is 0. The molecule has 1 aromatic carbocycles. The lowest BCUT2D eigenvalue weighted by atomic mass is 9.92. The number of amides is 1. The molecule has 0 aromatic heterocycles. The van der Waals surface area contributed by atoms with Crippen LogP contribution in [0.15, 0.2) is 18.2 Å². The average Bonchev–Trinajstić information content (AvgIpc) is 2.99. The molecule has 3 rings (SSSR count). The van der Waals surface area contributed by atoms with E-state index in [1.54, 1.807) is 0 Å². The second-order valence-electron chi connectivity index (χ2n) is 6.96. The maximum Gasteiger partial charge on any atom is 0.309 e. The minimum atomic E-state index is -0.660. The van der Waals surface area contributed by atoms with Gasteiger partial charge in [0, 0.05) is 30.7 Å². The number of carbonyl (C=O) groups excluding carboxylic acids is 2. The Morgan fingerprint density at radius 3 is 2.42 bits per heavy atom. The number of benzene rings is 1. The van der Waals surface area contributed by atoms with Crippen molar-refractivity contribution in [3.63, 3.8) is 0 Å². The highest BCUT2D eigenvalue weighted by Crippen LogP contribution is 2.25.